The standard InChI is InChI=1S/C13H14F2N2O3/c14-13(15)20-10-4-2-1-3-8(10)6-17-12(19)9-5-11(18)16-7-9/h1-4,9,13H,5-7H2,(H,16,18)(H,17,19). The van der Waals surface area contributed by atoms with Crippen molar-refractivity contribution in [3.8, 4) is 5.75 Å². The number of ether oxygens (including phenoxy) is 1. The molecule has 1 heterocycles. The van der Waals surface area contributed by atoms with Crippen LogP contribution in [0.4, 0.5) is 8.78 Å². The summed E-state index contributed by atoms with van der Waals surface area (Å²) in [6.45, 7) is -2.53. The predicted molar refractivity (Wildman–Crippen MR) is 66.0 cm³/mol. The van der Waals surface area contributed by atoms with Gasteiger partial charge >= 0.3 is 6.61 Å². The van der Waals surface area contributed by atoms with Gasteiger partial charge in [0.1, 0.15) is 5.75 Å². The summed E-state index contributed by atoms with van der Waals surface area (Å²) in [5.74, 6) is -0.823. The second kappa shape index (κ2) is 6.31. The van der Waals surface area contributed by atoms with E-state index < -0.39 is 12.5 Å². The first-order valence-electron chi connectivity index (χ1n) is 6.13. The fourth-order valence-electron chi connectivity index (χ4n) is 1.98. The molecular formula is C13H14F2N2O3. The first kappa shape index (κ1) is 14.2. The molecule has 1 aliphatic rings. The molecule has 1 atom stereocenters. The zero-order valence-corrected chi connectivity index (χ0v) is 10.6. The highest BCUT2D eigenvalue weighted by Gasteiger charge is 2.27. The van der Waals surface area contributed by atoms with Gasteiger partial charge in [0.05, 0.1) is 5.92 Å². The van der Waals surface area contributed by atoms with Crippen LogP contribution in [0.2, 0.25) is 0 Å². The lowest BCUT2D eigenvalue weighted by Gasteiger charge is -2.13. The van der Waals surface area contributed by atoms with E-state index in [-0.39, 0.29) is 30.5 Å². The number of hydrogen-bond donors (Lipinski definition) is 2. The van der Waals surface area contributed by atoms with Crippen molar-refractivity contribution in [3.63, 3.8) is 0 Å². The minimum absolute atomic E-state index is 0.0309. The second-order valence-electron chi connectivity index (χ2n) is 4.41. The summed E-state index contributed by atoms with van der Waals surface area (Å²) >= 11 is 0. The number of nitrogens with one attached hydrogen (secondary N) is 2. The third kappa shape index (κ3) is 3.66. The number of benzene rings is 1. The number of halogens is 2. The van der Waals surface area contributed by atoms with E-state index in [9.17, 15) is 18.4 Å². The Balaban J connectivity index is 1.93. The number of carbonyl (C=O) groups is 2. The van der Waals surface area contributed by atoms with Crippen molar-refractivity contribution in [2.24, 2.45) is 5.92 Å². The number of para-hydroxylation sites is 1. The summed E-state index contributed by atoms with van der Waals surface area (Å²) < 4.78 is 28.8. The van der Waals surface area contributed by atoms with Crippen LogP contribution in [-0.2, 0) is 16.1 Å². The molecule has 0 spiro atoms. The lowest BCUT2D eigenvalue weighted by Crippen LogP contribution is -2.31. The molecule has 1 saturated heterocycles. The van der Waals surface area contributed by atoms with Gasteiger partial charge in [-0.15, -0.1) is 0 Å². The summed E-state index contributed by atoms with van der Waals surface area (Å²) in [5.41, 5.74) is 0.457. The molecule has 20 heavy (non-hydrogen) atoms. The van der Waals surface area contributed by atoms with Crippen molar-refractivity contribution >= 4 is 11.8 Å². The van der Waals surface area contributed by atoms with Crippen LogP contribution in [0.3, 0.4) is 0 Å². The molecule has 0 aromatic heterocycles. The number of amides is 2. The van der Waals surface area contributed by atoms with Crippen LogP contribution in [0.1, 0.15) is 12.0 Å². The van der Waals surface area contributed by atoms with Gasteiger partial charge in [-0.2, -0.15) is 8.78 Å². The fourth-order valence-corrected chi connectivity index (χ4v) is 1.98. The summed E-state index contributed by atoms with van der Waals surface area (Å²) in [7, 11) is 0. The van der Waals surface area contributed by atoms with Gasteiger partial charge in [0, 0.05) is 25.1 Å². The van der Waals surface area contributed by atoms with Crippen molar-refractivity contribution in [1.82, 2.24) is 10.6 Å². The zero-order chi connectivity index (χ0) is 14.5. The minimum Gasteiger partial charge on any atom is -0.434 e. The lowest BCUT2D eigenvalue weighted by molar-refractivity contribution is -0.126. The van der Waals surface area contributed by atoms with E-state index >= 15 is 0 Å². The maximum atomic E-state index is 12.2. The molecule has 1 aliphatic heterocycles. The summed E-state index contributed by atoms with van der Waals surface area (Å²) in [4.78, 5) is 22.8. The quantitative estimate of drug-likeness (QED) is 0.849. The predicted octanol–water partition coefficient (Wildman–Crippen LogP) is 1.04. The molecule has 2 amide bonds. The molecule has 0 saturated carbocycles. The van der Waals surface area contributed by atoms with Crippen LogP contribution in [0, 0.1) is 5.92 Å². The molecule has 7 heteroatoms. The molecule has 5 nitrogen and oxygen atoms in total. The fraction of sp³-hybridized carbons (Fsp3) is 0.385. The molecule has 0 radical (unpaired) electrons. The summed E-state index contributed by atoms with van der Waals surface area (Å²) in [6.07, 6.45) is 0.154. The van der Waals surface area contributed by atoms with E-state index in [1.54, 1.807) is 18.2 Å². The molecule has 1 unspecified atom stereocenters. The minimum atomic E-state index is -2.91. The van der Waals surface area contributed by atoms with E-state index in [0.717, 1.165) is 0 Å². The number of hydrogen-bond acceptors (Lipinski definition) is 3. The Bertz CT molecular complexity index is 508. The lowest BCUT2D eigenvalue weighted by atomic mass is 10.1. The van der Waals surface area contributed by atoms with E-state index in [1.807, 2.05) is 0 Å². The van der Waals surface area contributed by atoms with Gasteiger partial charge in [0.2, 0.25) is 11.8 Å². The van der Waals surface area contributed by atoms with E-state index in [1.165, 1.54) is 6.07 Å². The molecule has 1 aromatic carbocycles. The smallest absolute Gasteiger partial charge is 0.387 e. The van der Waals surface area contributed by atoms with Crippen molar-refractivity contribution in [2.45, 2.75) is 19.6 Å². The van der Waals surface area contributed by atoms with Crippen LogP contribution in [0.15, 0.2) is 24.3 Å². The largest absolute Gasteiger partial charge is 0.434 e. The highest BCUT2D eigenvalue weighted by atomic mass is 19.3. The molecule has 2 rings (SSSR count). The topological polar surface area (TPSA) is 67.4 Å². The highest BCUT2D eigenvalue weighted by molar-refractivity contribution is 5.89. The van der Waals surface area contributed by atoms with Crippen molar-refractivity contribution < 1.29 is 23.1 Å². The Morgan fingerprint density at radius 2 is 2.20 bits per heavy atom. The third-order valence-electron chi connectivity index (χ3n) is 2.99. The Labute approximate surface area is 114 Å². The van der Waals surface area contributed by atoms with Gasteiger partial charge in [-0.3, -0.25) is 9.59 Å². The monoisotopic (exact) mass is 284 g/mol. The first-order chi connectivity index (χ1) is 9.56. The second-order valence-corrected chi connectivity index (χ2v) is 4.41. The zero-order valence-electron chi connectivity index (χ0n) is 10.6. The Morgan fingerprint density at radius 3 is 2.85 bits per heavy atom. The SMILES string of the molecule is O=C1CC(C(=O)NCc2ccccc2OC(F)F)CN1. The number of carbonyl (C=O) groups excluding carboxylic acids is 2. The molecule has 2 N–H and O–H groups in total. The average molecular weight is 284 g/mol. The average Bonchev–Trinajstić information content (AvgIpc) is 2.83. The van der Waals surface area contributed by atoms with Gasteiger partial charge in [-0.25, -0.2) is 0 Å². The normalized spacial score (nSPS) is 17.9. The van der Waals surface area contributed by atoms with Gasteiger partial charge in [0.15, 0.2) is 0 Å². The van der Waals surface area contributed by atoms with Crippen LogP contribution >= 0.6 is 0 Å². The Morgan fingerprint density at radius 1 is 1.45 bits per heavy atom. The molecule has 1 aromatic rings. The molecule has 108 valence electrons. The van der Waals surface area contributed by atoms with Crippen LogP contribution < -0.4 is 15.4 Å². The molecule has 1 fully saturated rings. The van der Waals surface area contributed by atoms with Gasteiger partial charge in [-0.1, -0.05) is 18.2 Å². The summed E-state index contributed by atoms with van der Waals surface area (Å²) in [6, 6.07) is 6.24. The Kier molecular flexibility index (Phi) is 4.49. The van der Waals surface area contributed by atoms with E-state index in [4.69, 9.17) is 0 Å². The molecule has 0 bridgehead atoms. The van der Waals surface area contributed by atoms with Gasteiger partial charge < -0.3 is 15.4 Å². The van der Waals surface area contributed by atoms with E-state index in [0.29, 0.717) is 12.1 Å². The van der Waals surface area contributed by atoms with Crippen molar-refractivity contribution in [1.29, 1.82) is 0 Å². The first-order valence-corrected chi connectivity index (χ1v) is 6.13. The number of rotatable bonds is 5. The maximum absolute atomic E-state index is 12.2. The van der Waals surface area contributed by atoms with Crippen molar-refractivity contribution in [2.75, 3.05) is 6.54 Å². The highest BCUT2D eigenvalue weighted by Crippen LogP contribution is 2.20. The van der Waals surface area contributed by atoms with Crippen LogP contribution in [0.25, 0.3) is 0 Å². The van der Waals surface area contributed by atoms with Crippen LogP contribution in [0.5, 0.6) is 5.75 Å². The van der Waals surface area contributed by atoms with Crippen molar-refractivity contribution in [3.05, 3.63) is 29.8 Å². The third-order valence-corrected chi connectivity index (χ3v) is 2.99. The maximum Gasteiger partial charge on any atom is 0.387 e. The molecule has 0 aliphatic carbocycles. The van der Waals surface area contributed by atoms with Gasteiger partial charge in [-0.05, 0) is 6.07 Å². The summed E-state index contributed by atoms with van der Waals surface area (Å²) in [5, 5.41) is 5.18. The van der Waals surface area contributed by atoms with Crippen LogP contribution in [-0.4, -0.2) is 25.0 Å². The molecular weight excluding hydrogens is 270 g/mol. The Hall–Kier alpha value is -2.18. The van der Waals surface area contributed by atoms with Gasteiger partial charge in [0.25, 0.3) is 0 Å². The van der Waals surface area contributed by atoms with E-state index in [2.05, 4.69) is 15.4 Å². The number of alkyl halides is 2.